The maximum Gasteiger partial charge on any atom is 0.397 e. The van der Waals surface area contributed by atoms with Gasteiger partial charge in [0.15, 0.2) is 56.4 Å². The smallest absolute Gasteiger partial charge is 0.397 e. The number of carboxylic acid groups (broad SMARTS) is 1. The standard InChI is InChI=1S/C60H101N3O48S/c1-13-27(73)34(80)39(85)55(97-13)107-47-26(63-17(5)71)53(103-24(32(47)78)12-96-112(92,93)94)95-11-19(72)29(75)44(18(6-64)61-15(3)69)104-60-51(111-56-40(86)35(81)28(74)14(2)98-56)50(110-59-43(89)48(31(77)21(8-66)100-59)108-58-41(87)36(82)37(83)49(109-58)52(90)91)46(23(10-68)102-60)106-57-42(88)38(84)45(22(9-67)101-57)105-54-25(62-16(4)70)33(79)30(76)20(7-65)99-54/h13-14,18-51,53-60,64-68,72-89H,6-12H2,1-5H3,(H,61,69)(H,62,70)(H,63,71)(H,90,91)(H,92,93,94)/t13-,14-,18-,19+,20+,21+,22+,23+,24+,25+,26+,27+,28+,29-,30-,31-,32+,33+,34+,35+,36-,37-,38+,39-,40-,41+,42+,43+,44+,45-,46-,47+,48-,49-,50-,51+,53+,54+,55-,56-,57-,58+,59-,60-/m0/s1. The second kappa shape index (κ2) is 40.3. The van der Waals surface area contributed by atoms with Crippen molar-refractivity contribution in [3.05, 3.63) is 0 Å². The molecule has 0 aliphatic carbocycles. The van der Waals surface area contributed by atoms with E-state index in [0.29, 0.717) is 0 Å². The molecular formula is C60H101N3O48S. The summed E-state index contributed by atoms with van der Waals surface area (Å²) in [5.74, 6) is -4.85. The van der Waals surface area contributed by atoms with Gasteiger partial charge in [-0.05, 0) is 13.8 Å². The summed E-state index contributed by atoms with van der Waals surface area (Å²) in [4.78, 5) is 50.5. The molecule has 0 radical (unpaired) electrons. The monoisotopic (exact) mass is 1660 g/mol. The molecular weight excluding hydrogens is 1560 g/mol. The first-order valence-electron chi connectivity index (χ1n) is 34.9. The first-order valence-corrected chi connectivity index (χ1v) is 36.3. The summed E-state index contributed by atoms with van der Waals surface area (Å²) < 4.78 is 132. The third kappa shape index (κ3) is 21.6. The lowest BCUT2D eigenvalue weighted by Gasteiger charge is -2.52. The Morgan fingerprint density at radius 1 is 0.402 bits per heavy atom. The molecule has 0 bridgehead atoms. The maximum absolute atomic E-state index is 13.1. The number of ether oxygens (including phenoxy) is 16. The van der Waals surface area contributed by atoms with E-state index in [1.807, 2.05) is 0 Å². The predicted octanol–water partition coefficient (Wildman–Crippen LogP) is -18.6. The molecule has 44 atom stereocenters. The van der Waals surface area contributed by atoms with Crippen molar-refractivity contribution in [2.75, 3.05) is 46.2 Å². The number of hydrogen-bond acceptors (Lipinski definition) is 46. The quantitative estimate of drug-likeness (QED) is 0.0278. The van der Waals surface area contributed by atoms with E-state index < -0.39 is 350 Å². The fourth-order valence-electron chi connectivity index (χ4n) is 13.7. The van der Waals surface area contributed by atoms with Crippen LogP contribution >= 0.6 is 0 Å². The summed E-state index contributed by atoms with van der Waals surface area (Å²) >= 11 is 0. The van der Waals surface area contributed by atoms with Crippen molar-refractivity contribution in [1.29, 1.82) is 0 Å². The Balaban J connectivity index is 1.22. The van der Waals surface area contributed by atoms with Crippen LogP contribution < -0.4 is 16.0 Å². The third-order valence-electron chi connectivity index (χ3n) is 19.7. The lowest BCUT2D eigenvalue weighted by Crippen LogP contribution is -2.70. The molecule has 51 nitrogen and oxygen atoms in total. The van der Waals surface area contributed by atoms with Crippen LogP contribution in [0.1, 0.15) is 34.6 Å². The molecule has 8 aliphatic rings. The number of carbonyl (C=O) groups is 4. The minimum Gasteiger partial charge on any atom is -0.479 e. The number of aliphatic hydroxyl groups excluding tert-OH is 23. The molecule has 0 aromatic carbocycles. The van der Waals surface area contributed by atoms with Crippen LogP contribution in [0.2, 0.25) is 0 Å². The van der Waals surface area contributed by atoms with Crippen LogP contribution in [0, 0.1) is 0 Å². The average Bonchev–Trinajstić information content (AvgIpc) is 0.757. The van der Waals surface area contributed by atoms with Crippen LogP contribution in [0.4, 0.5) is 0 Å². The topological polar surface area (TPSA) is 801 Å². The van der Waals surface area contributed by atoms with Gasteiger partial charge in [-0.25, -0.2) is 8.98 Å². The van der Waals surface area contributed by atoms with Crippen LogP contribution in [0.25, 0.3) is 0 Å². The van der Waals surface area contributed by atoms with E-state index in [-0.39, 0.29) is 0 Å². The minimum atomic E-state index is -5.39. The van der Waals surface area contributed by atoms with Crippen molar-refractivity contribution in [3.63, 3.8) is 0 Å². The van der Waals surface area contributed by atoms with E-state index >= 15 is 0 Å². The van der Waals surface area contributed by atoms with Crippen molar-refractivity contribution in [2.24, 2.45) is 0 Å². The van der Waals surface area contributed by atoms with E-state index in [0.717, 1.165) is 27.7 Å². The predicted molar refractivity (Wildman–Crippen MR) is 342 cm³/mol. The van der Waals surface area contributed by atoms with Gasteiger partial charge < -0.3 is 214 Å². The first-order chi connectivity index (χ1) is 52.5. The number of carboxylic acids is 1. The number of hydrogen-bond donors (Lipinski definition) is 28. The Bertz CT molecular complexity index is 3110. The van der Waals surface area contributed by atoms with Gasteiger partial charge >= 0.3 is 16.4 Å². The highest BCUT2D eigenvalue weighted by atomic mass is 32.3. The van der Waals surface area contributed by atoms with Gasteiger partial charge in [0.2, 0.25) is 17.7 Å². The van der Waals surface area contributed by atoms with E-state index in [9.17, 15) is 155 Å². The molecule has 8 aliphatic heterocycles. The number of aliphatic carboxylic acids is 1. The minimum absolute atomic E-state index is 0.854. The van der Waals surface area contributed by atoms with E-state index in [1.54, 1.807) is 0 Å². The van der Waals surface area contributed by atoms with Crippen molar-refractivity contribution in [1.82, 2.24) is 16.0 Å². The van der Waals surface area contributed by atoms with E-state index in [1.165, 1.54) is 6.92 Å². The first kappa shape index (κ1) is 93.7. The summed E-state index contributed by atoms with van der Waals surface area (Å²) in [6, 6.07) is -5.74. The Hall–Kier alpha value is -3.81. The van der Waals surface area contributed by atoms with E-state index in [4.69, 9.17) is 75.8 Å². The summed E-state index contributed by atoms with van der Waals surface area (Å²) in [6.07, 6.45) is -91.8. The Kier molecular flexibility index (Phi) is 33.7. The Morgan fingerprint density at radius 2 is 0.821 bits per heavy atom. The van der Waals surface area contributed by atoms with Gasteiger partial charge in [-0.15, -0.1) is 0 Å². The highest BCUT2D eigenvalue weighted by molar-refractivity contribution is 7.80. The second-order valence-electron chi connectivity index (χ2n) is 27.7. The lowest BCUT2D eigenvalue weighted by atomic mass is 9.94. The Labute approximate surface area is 633 Å². The number of nitrogens with one attached hydrogen (secondary N) is 3. The zero-order valence-corrected chi connectivity index (χ0v) is 60.6. The summed E-state index contributed by atoms with van der Waals surface area (Å²) in [6.45, 7) is -3.96. The number of amides is 3. The van der Waals surface area contributed by atoms with Crippen LogP contribution in [0.5, 0.6) is 0 Å². The zero-order chi connectivity index (χ0) is 83.3. The second-order valence-corrected chi connectivity index (χ2v) is 28.8. The Morgan fingerprint density at radius 3 is 1.35 bits per heavy atom. The van der Waals surface area contributed by atoms with Crippen molar-refractivity contribution in [2.45, 2.75) is 304 Å². The van der Waals surface area contributed by atoms with Gasteiger partial charge in [0.05, 0.1) is 64.5 Å². The van der Waals surface area contributed by atoms with E-state index in [2.05, 4.69) is 20.1 Å². The summed E-state index contributed by atoms with van der Waals surface area (Å²) in [5.41, 5.74) is 0. The third-order valence-corrected chi connectivity index (χ3v) is 20.1. The van der Waals surface area contributed by atoms with Gasteiger partial charge in [-0.1, -0.05) is 0 Å². The normalized spacial score (nSPS) is 46.1. The van der Waals surface area contributed by atoms with Crippen LogP contribution in [0.15, 0.2) is 0 Å². The molecule has 8 heterocycles. The highest BCUT2D eigenvalue weighted by Gasteiger charge is 2.61. The fraction of sp³-hybridized carbons (Fsp3) is 0.933. The molecule has 112 heavy (non-hydrogen) atoms. The van der Waals surface area contributed by atoms with Gasteiger partial charge in [0, 0.05) is 20.8 Å². The van der Waals surface area contributed by atoms with Crippen molar-refractivity contribution >= 4 is 34.1 Å². The summed E-state index contributed by atoms with van der Waals surface area (Å²) in [5, 5.41) is 275. The van der Waals surface area contributed by atoms with Gasteiger partial charge in [-0.2, -0.15) is 8.42 Å². The molecule has 3 amide bonds. The van der Waals surface area contributed by atoms with Gasteiger partial charge in [-0.3, -0.25) is 18.9 Å². The SMILES string of the molecule is CC(=O)N[C@H]1[C@@H](O[C@@H]2[C@H](O)[C@@H](O)[C@H](O[C@@H]3[C@H](O[C@@H]4O[C@H](CO)[C@H](O)[C@H](O[C@@H]5O[C@H](C(=O)O)[C@@H](O)[C@H](O)[C@H]5O)[C@H]4O)[C@@H](O[C@@H]4O[C@@H](C)[C@@H](O)[C@@H](O)[C@@H]4O)[C@H](O[C@@H]([C@@H](O)[C@H](O)CO[C@@H]4O[C@H](COS(=O)(=O)O)[C@@H](O)[C@H](O[C@@H]5O[C@@H](C)[C@@H](O)[C@@H](O)[C@@H]5O)[C@H]4NC(C)=O)[C@H](CO)NC(C)=O)O[C@@H]3CO)O[C@@H]2CO)O[C@H](CO)[C@H](O)[C@@H]1O. The van der Waals surface area contributed by atoms with Crippen LogP contribution in [-0.4, -0.2) is 475 Å². The van der Waals surface area contributed by atoms with Crippen LogP contribution in [-0.2, 0) is 110 Å². The molecule has 650 valence electrons. The molecule has 52 heteroatoms. The molecule has 0 aromatic heterocycles. The molecule has 28 N–H and O–H groups in total. The number of aliphatic hydroxyl groups is 23. The summed E-state index contributed by atoms with van der Waals surface area (Å²) in [7, 11) is -5.39. The molecule has 0 spiro atoms. The van der Waals surface area contributed by atoms with Crippen molar-refractivity contribution < 1.29 is 235 Å². The van der Waals surface area contributed by atoms with Crippen molar-refractivity contribution in [3.8, 4) is 0 Å². The molecule has 8 saturated heterocycles. The van der Waals surface area contributed by atoms with Gasteiger partial charge in [0.1, 0.15) is 195 Å². The number of carbonyl (C=O) groups excluding carboxylic acids is 3. The molecule has 0 aromatic rings. The maximum atomic E-state index is 13.1. The number of rotatable bonds is 32. The molecule has 0 unspecified atom stereocenters. The molecule has 8 rings (SSSR count). The van der Waals surface area contributed by atoms with Gasteiger partial charge in [0.25, 0.3) is 0 Å². The largest absolute Gasteiger partial charge is 0.479 e. The lowest BCUT2D eigenvalue weighted by molar-refractivity contribution is -0.418. The molecule has 8 fully saturated rings. The highest BCUT2D eigenvalue weighted by Crippen LogP contribution is 2.41. The molecule has 0 saturated carbocycles. The zero-order valence-electron chi connectivity index (χ0n) is 59.8. The average molecular weight is 1660 g/mol. The fourth-order valence-corrected chi connectivity index (χ4v) is 14.0. The van der Waals surface area contributed by atoms with Crippen LogP contribution in [0.3, 0.4) is 0 Å².